The first-order chi connectivity index (χ1) is 17.2. The third kappa shape index (κ3) is 4.00. The second kappa shape index (κ2) is 8.77. The fraction of sp³-hybridized carbons (Fsp3) is 0.148. The molecule has 6 N–H and O–H groups in total. The zero-order valence-electron chi connectivity index (χ0n) is 20.7. The minimum atomic E-state index is -0.0195. The first kappa shape index (κ1) is 23.0. The lowest BCUT2D eigenvalue weighted by molar-refractivity contribution is 0.603. The van der Waals surface area contributed by atoms with Gasteiger partial charge < -0.3 is 30.4 Å². The second-order valence-corrected chi connectivity index (χ2v) is 9.02. The molecule has 0 saturated carbocycles. The lowest BCUT2D eigenvalue weighted by atomic mass is 10.0. The molecule has 5 rings (SSSR count). The van der Waals surface area contributed by atoms with Gasteiger partial charge in [-0.2, -0.15) is 0 Å². The number of nitrogens with two attached hydrogens (primary N) is 1. The Morgan fingerprint density at radius 2 is 1.50 bits per heavy atom. The van der Waals surface area contributed by atoms with Crippen molar-refractivity contribution in [3.63, 3.8) is 0 Å². The molecule has 2 heterocycles. The van der Waals surface area contributed by atoms with Crippen molar-refractivity contribution >= 4 is 45.2 Å². The summed E-state index contributed by atoms with van der Waals surface area (Å²) < 4.78 is 0. The Morgan fingerprint density at radius 3 is 2.19 bits per heavy atom. The van der Waals surface area contributed by atoms with E-state index in [0.29, 0.717) is 5.96 Å². The molecule has 2 aromatic heterocycles. The predicted octanol–water partition coefficient (Wildman–Crippen LogP) is 4.64. The number of hydrogen-bond donors (Lipinski definition) is 5. The van der Waals surface area contributed by atoms with Crippen LogP contribution in [0.4, 0.5) is 11.4 Å². The van der Waals surface area contributed by atoms with Gasteiger partial charge in [-0.1, -0.05) is 18.2 Å². The van der Waals surface area contributed by atoms with Crippen LogP contribution in [0.3, 0.4) is 0 Å². The van der Waals surface area contributed by atoms with Crippen LogP contribution < -0.4 is 15.5 Å². The molecule has 0 bridgehead atoms. The average molecular weight is 480 g/mol. The standard InChI is InChI=1S/C27H29N9/c1-34(2)27(30)36(4)18-8-5-16(6-9-18)17-7-11-22-20(13-17)21(15-31-22)25-32-23-12-10-19(14-24(23)33-25)35(3)26(28)29/h5-15,30-31H,1-4H3,(H3,28,29)(H,32,33). The number of imidazole rings is 1. The van der Waals surface area contributed by atoms with E-state index in [-0.39, 0.29) is 5.96 Å². The molecule has 0 saturated heterocycles. The van der Waals surface area contributed by atoms with Crippen LogP contribution in [0.2, 0.25) is 0 Å². The van der Waals surface area contributed by atoms with E-state index in [0.717, 1.165) is 55.8 Å². The summed E-state index contributed by atoms with van der Waals surface area (Å²) in [7, 11) is 7.38. The number of nitrogens with zero attached hydrogens (tertiary/aromatic N) is 4. The number of H-pyrrole nitrogens is 2. The molecular weight excluding hydrogens is 450 g/mol. The predicted molar refractivity (Wildman–Crippen MR) is 149 cm³/mol. The Bertz CT molecular complexity index is 1590. The number of rotatable bonds is 4. The van der Waals surface area contributed by atoms with Gasteiger partial charge in [0, 0.05) is 62.2 Å². The molecule has 9 heteroatoms. The van der Waals surface area contributed by atoms with Crippen molar-refractivity contribution in [1.82, 2.24) is 19.9 Å². The first-order valence-corrected chi connectivity index (χ1v) is 11.5. The molecular formula is C27H29N9. The van der Waals surface area contributed by atoms with Crippen molar-refractivity contribution in [2.24, 2.45) is 5.73 Å². The van der Waals surface area contributed by atoms with Crippen molar-refractivity contribution in [3.8, 4) is 22.5 Å². The van der Waals surface area contributed by atoms with E-state index in [1.165, 1.54) is 0 Å². The van der Waals surface area contributed by atoms with Gasteiger partial charge in [0.1, 0.15) is 5.82 Å². The molecule has 182 valence electrons. The van der Waals surface area contributed by atoms with Gasteiger partial charge in [0.25, 0.3) is 0 Å². The van der Waals surface area contributed by atoms with Crippen molar-refractivity contribution in [3.05, 3.63) is 66.9 Å². The van der Waals surface area contributed by atoms with Crippen LogP contribution in [0.15, 0.2) is 66.9 Å². The van der Waals surface area contributed by atoms with Crippen molar-refractivity contribution in [2.45, 2.75) is 0 Å². The van der Waals surface area contributed by atoms with E-state index in [1.807, 2.05) is 62.6 Å². The number of anilines is 2. The lowest BCUT2D eigenvalue weighted by Gasteiger charge is -2.25. The molecule has 0 radical (unpaired) electrons. The van der Waals surface area contributed by atoms with Crippen LogP contribution in [-0.2, 0) is 0 Å². The topological polar surface area (TPSA) is 128 Å². The molecule has 0 aliphatic heterocycles. The normalized spacial score (nSPS) is 11.1. The van der Waals surface area contributed by atoms with E-state index in [9.17, 15) is 0 Å². The molecule has 0 aliphatic carbocycles. The molecule has 9 nitrogen and oxygen atoms in total. The van der Waals surface area contributed by atoms with Crippen molar-refractivity contribution in [1.29, 1.82) is 10.8 Å². The van der Waals surface area contributed by atoms with Gasteiger partial charge in [-0.05, 0) is 53.6 Å². The fourth-order valence-corrected chi connectivity index (χ4v) is 4.27. The Balaban J connectivity index is 1.49. The van der Waals surface area contributed by atoms with Crippen LogP contribution in [0.1, 0.15) is 0 Å². The summed E-state index contributed by atoms with van der Waals surface area (Å²) in [5.74, 6) is 1.18. The summed E-state index contributed by atoms with van der Waals surface area (Å²) in [6, 6.07) is 20.4. The summed E-state index contributed by atoms with van der Waals surface area (Å²) in [6.45, 7) is 0. The fourth-order valence-electron chi connectivity index (χ4n) is 4.27. The van der Waals surface area contributed by atoms with E-state index < -0.39 is 0 Å². The quantitative estimate of drug-likeness (QED) is 0.189. The summed E-state index contributed by atoms with van der Waals surface area (Å²) >= 11 is 0. The monoisotopic (exact) mass is 479 g/mol. The van der Waals surface area contributed by atoms with E-state index in [1.54, 1.807) is 16.8 Å². The zero-order valence-corrected chi connectivity index (χ0v) is 20.7. The van der Waals surface area contributed by atoms with Crippen LogP contribution in [0.25, 0.3) is 44.5 Å². The van der Waals surface area contributed by atoms with Crippen molar-refractivity contribution < 1.29 is 0 Å². The Hall–Kier alpha value is -4.79. The Kier molecular flexibility index (Phi) is 5.60. The van der Waals surface area contributed by atoms with Gasteiger partial charge in [0.2, 0.25) is 0 Å². The molecule has 0 aliphatic rings. The van der Waals surface area contributed by atoms with Gasteiger partial charge in [0.15, 0.2) is 11.9 Å². The molecule has 0 unspecified atom stereocenters. The number of guanidine groups is 2. The SMILES string of the molecule is CN(C)C(=N)N(C)c1ccc(-c2ccc3[nH]cc(-c4nc5ccc(N(C)C(=N)N)cc5[nH]4)c3c2)cc1. The van der Waals surface area contributed by atoms with Gasteiger partial charge in [-0.3, -0.25) is 10.8 Å². The Morgan fingerprint density at radius 1 is 0.806 bits per heavy atom. The maximum atomic E-state index is 8.20. The largest absolute Gasteiger partial charge is 0.370 e. The number of nitrogens with one attached hydrogen (secondary N) is 4. The molecule has 0 atom stereocenters. The number of fused-ring (bicyclic) bond motifs is 2. The molecule has 0 spiro atoms. The van der Waals surface area contributed by atoms with Gasteiger partial charge in [0.05, 0.1) is 11.0 Å². The van der Waals surface area contributed by atoms with E-state index >= 15 is 0 Å². The lowest BCUT2D eigenvalue weighted by Crippen LogP contribution is -2.37. The highest BCUT2D eigenvalue weighted by atomic mass is 15.3. The van der Waals surface area contributed by atoms with Crippen LogP contribution in [-0.4, -0.2) is 60.0 Å². The van der Waals surface area contributed by atoms with Crippen LogP contribution in [0.5, 0.6) is 0 Å². The minimum absolute atomic E-state index is 0.0195. The van der Waals surface area contributed by atoms with E-state index in [4.69, 9.17) is 21.5 Å². The number of benzene rings is 3. The van der Waals surface area contributed by atoms with Gasteiger partial charge in [-0.15, -0.1) is 0 Å². The third-order valence-corrected chi connectivity index (χ3v) is 6.48. The van der Waals surface area contributed by atoms with Crippen LogP contribution >= 0.6 is 0 Å². The molecule has 5 aromatic rings. The number of hydrogen-bond acceptors (Lipinski definition) is 3. The summed E-state index contributed by atoms with van der Waals surface area (Å²) in [6.07, 6.45) is 1.97. The smallest absolute Gasteiger partial charge is 0.197 e. The summed E-state index contributed by atoms with van der Waals surface area (Å²) in [5, 5.41) is 16.9. The Labute approximate surface area is 209 Å². The molecule has 3 aromatic carbocycles. The summed E-state index contributed by atoms with van der Waals surface area (Å²) in [5.41, 5.74) is 13.3. The average Bonchev–Trinajstić information content (AvgIpc) is 3.50. The third-order valence-electron chi connectivity index (χ3n) is 6.48. The molecule has 0 fully saturated rings. The highest BCUT2D eigenvalue weighted by Gasteiger charge is 2.14. The van der Waals surface area contributed by atoms with Crippen molar-refractivity contribution in [2.75, 3.05) is 38.0 Å². The van der Waals surface area contributed by atoms with Crippen LogP contribution in [0, 0.1) is 10.8 Å². The first-order valence-electron chi connectivity index (χ1n) is 11.5. The second-order valence-electron chi connectivity index (χ2n) is 9.02. The van der Waals surface area contributed by atoms with Gasteiger partial charge >= 0.3 is 0 Å². The van der Waals surface area contributed by atoms with Gasteiger partial charge in [-0.25, -0.2) is 4.98 Å². The number of aromatic nitrogens is 3. The highest BCUT2D eigenvalue weighted by Crippen LogP contribution is 2.33. The zero-order chi connectivity index (χ0) is 25.6. The number of aromatic amines is 2. The highest BCUT2D eigenvalue weighted by molar-refractivity contribution is 5.99. The van der Waals surface area contributed by atoms with E-state index in [2.05, 4.69) is 40.3 Å². The summed E-state index contributed by atoms with van der Waals surface area (Å²) in [4.78, 5) is 16.8. The maximum absolute atomic E-state index is 8.20. The molecule has 36 heavy (non-hydrogen) atoms. The minimum Gasteiger partial charge on any atom is -0.370 e. The maximum Gasteiger partial charge on any atom is 0.197 e. The molecule has 0 amide bonds.